The Kier molecular flexibility index (Phi) is 5.68. The van der Waals surface area contributed by atoms with Gasteiger partial charge in [-0.25, -0.2) is 0 Å². The number of halogens is 5. The van der Waals surface area contributed by atoms with Gasteiger partial charge in [0, 0.05) is 6.20 Å². The average Bonchev–Trinajstić information content (AvgIpc) is 3.03. The lowest BCUT2D eigenvalue weighted by Crippen LogP contribution is -2.16. The summed E-state index contributed by atoms with van der Waals surface area (Å²) in [4.78, 5) is 12.1. The van der Waals surface area contributed by atoms with Gasteiger partial charge in [-0.15, -0.1) is 10.2 Å². The van der Waals surface area contributed by atoms with Gasteiger partial charge in [0.1, 0.15) is 5.75 Å². The maximum Gasteiger partial charge on any atom is 0.417 e. The maximum absolute atomic E-state index is 12.8. The highest BCUT2D eigenvalue weighted by Gasteiger charge is 2.31. The number of para-hydroxylation sites is 2. The van der Waals surface area contributed by atoms with Gasteiger partial charge >= 0.3 is 12.8 Å². The Morgan fingerprint density at radius 2 is 1.93 bits per heavy atom. The second-order valence-corrected chi connectivity index (χ2v) is 6.28. The van der Waals surface area contributed by atoms with Gasteiger partial charge in [-0.1, -0.05) is 23.9 Å². The number of thioether (sulfide) groups is 1. The molecule has 0 saturated heterocycles. The fourth-order valence-electron chi connectivity index (χ4n) is 2.22. The maximum atomic E-state index is 12.8. The number of hydrogen-bond donors (Lipinski definition) is 1. The Balaban J connectivity index is 1.70. The lowest BCUT2D eigenvalue weighted by molar-refractivity contribution is -0.137. The summed E-state index contributed by atoms with van der Waals surface area (Å²) in [5.41, 5.74) is -0.658. The minimum atomic E-state index is -4.54. The van der Waals surface area contributed by atoms with E-state index < -0.39 is 24.3 Å². The van der Waals surface area contributed by atoms with Gasteiger partial charge in [-0.3, -0.25) is 9.20 Å². The Bertz CT molecular complexity index is 993. The fraction of sp³-hybridized carbons (Fsp3) is 0.188. The number of carbonyl (C=O) groups excluding carboxylic acids is 1. The summed E-state index contributed by atoms with van der Waals surface area (Å²) in [6, 6.07) is 7.67. The number of amides is 1. The number of carbonyl (C=O) groups is 1. The molecular weight excluding hydrogens is 407 g/mol. The molecule has 0 unspecified atom stereocenters. The van der Waals surface area contributed by atoms with Crippen molar-refractivity contribution in [2.45, 2.75) is 17.9 Å². The van der Waals surface area contributed by atoms with Crippen LogP contribution >= 0.6 is 11.8 Å². The predicted octanol–water partition coefficient (Wildman–Crippen LogP) is 4.08. The van der Waals surface area contributed by atoms with Crippen LogP contribution in [0.25, 0.3) is 5.65 Å². The Morgan fingerprint density at radius 3 is 2.64 bits per heavy atom. The molecular formula is C16H11F5N4O2S. The molecule has 3 rings (SSSR count). The van der Waals surface area contributed by atoms with Crippen molar-refractivity contribution >= 4 is 29.0 Å². The zero-order valence-corrected chi connectivity index (χ0v) is 14.6. The van der Waals surface area contributed by atoms with Crippen molar-refractivity contribution in [3.8, 4) is 5.75 Å². The molecule has 3 aromatic rings. The first-order chi connectivity index (χ1) is 13.2. The van der Waals surface area contributed by atoms with Crippen LogP contribution in [0, 0.1) is 0 Å². The predicted molar refractivity (Wildman–Crippen MR) is 90.4 cm³/mol. The highest BCUT2D eigenvalue weighted by atomic mass is 32.2. The molecule has 1 amide bonds. The highest BCUT2D eigenvalue weighted by Crippen LogP contribution is 2.30. The molecule has 0 aliphatic carbocycles. The third kappa shape index (κ3) is 4.68. The summed E-state index contributed by atoms with van der Waals surface area (Å²) < 4.78 is 68.8. The number of alkyl halides is 5. The first-order valence-corrected chi connectivity index (χ1v) is 8.61. The molecule has 0 radical (unpaired) electrons. The minimum absolute atomic E-state index is 0.0406. The number of aromatic nitrogens is 3. The molecule has 148 valence electrons. The Morgan fingerprint density at radius 1 is 1.18 bits per heavy atom. The van der Waals surface area contributed by atoms with Gasteiger partial charge in [0.25, 0.3) is 0 Å². The van der Waals surface area contributed by atoms with E-state index in [1.54, 1.807) is 0 Å². The summed E-state index contributed by atoms with van der Waals surface area (Å²) in [6.45, 7) is -3.06. The van der Waals surface area contributed by atoms with Crippen molar-refractivity contribution in [1.82, 2.24) is 14.6 Å². The summed E-state index contributed by atoms with van der Waals surface area (Å²) in [7, 11) is 0. The van der Waals surface area contributed by atoms with Crippen LogP contribution in [0.2, 0.25) is 0 Å². The number of benzene rings is 1. The van der Waals surface area contributed by atoms with Crippen molar-refractivity contribution in [3.05, 3.63) is 48.2 Å². The second kappa shape index (κ2) is 8.00. The van der Waals surface area contributed by atoms with Crippen LogP contribution in [0.5, 0.6) is 5.75 Å². The van der Waals surface area contributed by atoms with Crippen LogP contribution in [-0.4, -0.2) is 32.9 Å². The van der Waals surface area contributed by atoms with E-state index in [0.29, 0.717) is 0 Å². The van der Waals surface area contributed by atoms with E-state index in [4.69, 9.17) is 0 Å². The molecule has 0 aliphatic heterocycles. The molecule has 0 atom stereocenters. The van der Waals surface area contributed by atoms with E-state index in [1.165, 1.54) is 24.3 Å². The number of ether oxygens (including phenoxy) is 1. The molecule has 2 aromatic heterocycles. The molecule has 28 heavy (non-hydrogen) atoms. The molecule has 0 fully saturated rings. The van der Waals surface area contributed by atoms with E-state index in [0.717, 1.165) is 34.5 Å². The molecule has 6 nitrogen and oxygen atoms in total. The largest absolute Gasteiger partial charge is 0.433 e. The van der Waals surface area contributed by atoms with Crippen molar-refractivity contribution in [1.29, 1.82) is 0 Å². The first-order valence-electron chi connectivity index (χ1n) is 7.62. The van der Waals surface area contributed by atoms with E-state index in [1.807, 2.05) is 0 Å². The number of rotatable bonds is 6. The van der Waals surface area contributed by atoms with E-state index in [-0.39, 0.29) is 28.0 Å². The minimum Gasteiger partial charge on any atom is -0.433 e. The SMILES string of the molecule is O=C(CSc1nnc2ccc(C(F)(F)F)cn12)Nc1ccccc1OC(F)F. The van der Waals surface area contributed by atoms with Crippen molar-refractivity contribution in [2.75, 3.05) is 11.1 Å². The zero-order valence-electron chi connectivity index (χ0n) is 13.8. The molecule has 0 aliphatic rings. The van der Waals surface area contributed by atoms with Crippen LogP contribution in [-0.2, 0) is 11.0 Å². The van der Waals surface area contributed by atoms with Crippen LogP contribution < -0.4 is 10.1 Å². The monoisotopic (exact) mass is 418 g/mol. The number of pyridine rings is 1. The highest BCUT2D eigenvalue weighted by molar-refractivity contribution is 7.99. The van der Waals surface area contributed by atoms with E-state index in [9.17, 15) is 26.7 Å². The molecule has 2 heterocycles. The van der Waals surface area contributed by atoms with Crippen molar-refractivity contribution in [3.63, 3.8) is 0 Å². The van der Waals surface area contributed by atoms with Gasteiger partial charge in [0.2, 0.25) is 5.91 Å². The quantitative estimate of drug-likeness (QED) is 0.483. The lowest BCUT2D eigenvalue weighted by atomic mass is 10.3. The van der Waals surface area contributed by atoms with E-state index in [2.05, 4.69) is 20.3 Å². The number of nitrogens with one attached hydrogen (secondary N) is 1. The topological polar surface area (TPSA) is 68.5 Å². The van der Waals surface area contributed by atoms with Crippen LogP contribution in [0.15, 0.2) is 47.8 Å². The Labute approximate surface area is 158 Å². The zero-order chi connectivity index (χ0) is 20.3. The number of anilines is 1. The second-order valence-electron chi connectivity index (χ2n) is 5.34. The van der Waals surface area contributed by atoms with Gasteiger partial charge < -0.3 is 10.1 Å². The van der Waals surface area contributed by atoms with Gasteiger partial charge in [0.15, 0.2) is 10.8 Å². The molecule has 0 saturated carbocycles. The lowest BCUT2D eigenvalue weighted by Gasteiger charge is -2.11. The van der Waals surface area contributed by atoms with Gasteiger partial charge in [-0.2, -0.15) is 22.0 Å². The number of nitrogens with zero attached hydrogens (tertiary/aromatic N) is 3. The molecule has 0 bridgehead atoms. The van der Waals surface area contributed by atoms with E-state index >= 15 is 0 Å². The number of hydrogen-bond acceptors (Lipinski definition) is 5. The molecule has 1 N–H and O–H groups in total. The molecule has 12 heteroatoms. The van der Waals surface area contributed by atoms with Gasteiger partial charge in [-0.05, 0) is 24.3 Å². The summed E-state index contributed by atoms with van der Waals surface area (Å²) >= 11 is 0.844. The van der Waals surface area contributed by atoms with Gasteiger partial charge in [0.05, 0.1) is 17.0 Å². The first kappa shape index (κ1) is 19.9. The smallest absolute Gasteiger partial charge is 0.417 e. The molecule has 1 aromatic carbocycles. The van der Waals surface area contributed by atoms with Crippen LogP contribution in [0.1, 0.15) is 5.56 Å². The third-order valence-corrected chi connectivity index (χ3v) is 4.35. The number of fused-ring (bicyclic) bond motifs is 1. The summed E-state index contributed by atoms with van der Waals surface area (Å²) in [6.07, 6.45) is -3.70. The Hall–Kier alpha value is -2.89. The van der Waals surface area contributed by atoms with Crippen molar-refractivity contribution in [2.24, 2.45) is 0 Å². The fourth-order valence-corrected chi connectivity index (χ4v) is 2.94. The van der Waals surface area contributed by atoms with Crippen LogP contribution in [0.4, 0.5) is 27.6 Å². The third-order valence-electron chi connectivity index (χ3n) is 3.41. The average molecular weight is 418 g/mol. The molecule has 0 spiro atoms. The normalized spacial score (nSPS) is 11.8. The standard InChI is InChI=1S/C16H11F5N4O2S/c17-14(18)27-11-4-2-1-3-10(11)22-13(26)8-28-15-24-23-12-6-5-9(7-25(12)15)16(19,20)21/h1-7,14H,8H2,(H,22,26). The summed E-state index contributed by atoms with van der Waals surface area (Å²) in [5, 5.41) is 9.98. The summed E-state index contributed by atoms with van der Waals surface area (Å²) in [5.74, 6) is -1.03. The van der Waals surface area contributed by atoms with Crippen LogP contribution in [0.3, 0.4) is 0 Å². The van der Waals surface area contributed by atoms with Crippen molar-refractivity contribution < 1.29 is 31.5 Å².